The van der Waals surface area contributed by atoms with Gasteiger partial charge in [0.1, 0.15) is 5.82 Å². The zero-order valence-corrected chi connectivity index (χ0v) is 21.0. The minimum Gasteiger partial charge on any atom is -0.372 e. The van der Waals surface area contributed by atoms with Crippen LogP contribution in [-0.4, -0.2) is 35.3 Å². The lowest BCUT2D eigenvalue weighted by atomic mass is 9.91. The number of aryl methyl sites for hydroxylation is 1. The lowest BCUT2D eigenvalue weighted by Crippen LogP contribution is -2.45. The Balaban J connectivity index is 1.43. The van der Waals surface area contributed by atoms with E-state index in [2.05, 4.69) is 67.0 Å². The summed E-state index contributed by atoms with van der Waals surface area (Å²) in [5, 5.41) is 1.22. The van der Waals surface area contributed by atoms with Crippen LogP contribution >= 0.6 is 0 Å². The van der Waals surface area contributed by atoms with Crippen LogP contribution in [-0.2, 0) is 4.74 Å². The molecule has 180 valence electrons. The van der Waals surface area contributed by atoms with Gasteiger partial charge in [0.05, 0.1) is 24.3 Å². The van der Waals surface area contributed by atoms with E-state index in [-0.39, 0.29) is 12.2 Å². The highest BCUT2D eigenvalue weighted by Gasteiger charge is 2.30. The van der Waals surface area contributed by atoms with E-state index in [0.29, 0.717) is 11.6 Å². The number of pyridine rings is 2. The molecule has 0 radical (unpaired) electrons. The molecule has 0 bridgehead atoms. The second kappa shape index (κ2) is 9.04. The molecule has 5 nitrogen and oxygen atoms in total. The molecule has 0 N–H and O–H groups in total. The van der Waals surface area contributed by atoms with E-state index < -0.39 is 0 Å². The molecule has 2 aliphatic rings. The van der Waals surface area contributed by atoms with Gasteiger partial charge in [0.2, 0.25) is 0 Å². The molecule has 6 rings (SSSR count). The summed E-state index contributed by atoms with van der Waals surface area (Å²) in [6.07, 6.45) is 4.88. The first-order valence-corrected chi connectivity index (χ1v) is 12.8. The largest absolute Gasteiger partial charge is 0.372 e. The van der Waals surface area contributed by atoms with E-state index >= 15 is 0 Å². The fourth-order valence-electron chi connectivity index (χ4n) is 5.59. The molecule has 0 unspecified atom stereocenters. The Morgan fingerprint density at radius 3 is 2.33 bits per heavy atom. The first-order chi connectivity index (χ1) is 17.5. The van der Waals surface area contributed by atoms with E-state index in [1.807, 2.05) is 24.3 Å². The molecular weight excluding hydrogens is 444 g/mol. The lowest BCUT2D eigenvalue weighted by molar-refractivity contribution is -0.00546. The van der Waals surface area contributed by atoms with E-state index in [4.69, 9.17) is 21.3 Å². The van der Waals surface area contributed by atoms with Gasteiger partial charge < -0.3 is 9.64 Å². The van der Waals surface area contributed by atoms with Crippen LogP contribution < -0.4 is 4.90 Å². The third-order valence-corrected chi connectivity index (χ3v) is 7.34. The molecule has 2 atom stereocenters. The average molecular weight is 475 g/mol. The number of rotatable bonds is 4. The molecule has 0 amide bonds. The number of fused-ring (bicyclic) bond motifs is 1. The second-order valence-corrected chi connectivity index (χ2v) is 10.2. The standard InChI is InChI=1S/C31H30N4O/c1-19-17-35(18-20(2)36-19)29-15-14-25(21(3)34-29)28-16-33-31-26(22-10-12-24(32-4)13-11-22)6-5-7-27(31)30(28)23-8-9-23/h5-7,10-16,19-20,23H,8-9,17-18H2,1-3H3/t19-,20+. The highest BCUT2D eigenvalue weighted by Crippen LogP contribution is 2.48. The van der Waals surface area contributed by atoms with Crippen LogP contribution in [0, 0.1) is 13.5 Å². The van der Waals surface area contributed by atoms with Gasteiger partial charge in [-0.1, -0.05) is 42.5 Å². The molecule has 4 aromatic rings. The molecular formula is C31H30N4O. The molecule has 2 aromatic carbocycles. The van der Waals surface area contributed by atoms with Gasteiger partial charge in [-0.25, -0.2) is 9.83 Å². The van der Waals surface area contributed by atoms with Crippen LogP contribution in [0.15, 0.2) is 60.8 Å². The van der Waals surface area contributed by atoms with Crippen molar-refractivity contribution in [1.29, 1.82) is 0 Å². The summed E-state index contributed by atoms with van der Waals surface area (Å²) < 4.78 is 5.91. The van der Waals surface area contributed by atoms with E-state index in [0.717, 1.165) is 46.8 Å². The second-order valence-electron chi connectivity index (χ2n) is 10.2. The number of benzene rings is 2. The third-order valence-electron chi connectivity index (χ3n) is 7.34. The first kappa shape index (κ1) is 22.7. The summed E-state index contributed by atoms with van der Waals surface area (Å²) in [5.74, 6) is 1.58. The SMILES string of the molecule is [C-]#[N+]c1ccc(-c2cccc3c(C4CC4)c(-c4ccc(N5C[C@@H](C)O[C@@H](C)C5)nc4C)cnc23)cc1. The van der Waals surface area contributed by atoms with E-state index in [1.54, 1.807) is 0 Å². The van der Waals surface area contributed by atoms with Crippen molar-refractivity contribution in [3.63, 3.8) is 0 Å². The van der Waals surface area contributed by atoms with Gasteiger partial charge in [-0.2, -0.15) is 0 Å². The normalized spacial score (nSPS) is 19.9. The number of para-hydroxylation sites is 1. The number of anilines is 1. The Bertz CT molecular complexity index is 1470. The predicted molar refractivity (Wildman–Crippen MR) is 146 cm³/mol. The minimum atomic E-state index is 0.202. The fraction of sp³-hybridized carbons (Fsp3) is 0.323. The number of aromatic nitrogens is 2. The number of morpholine rings is 1. The molecule has 1 saturated carbocycles. The monoisotopic (exact) mass is 474 g/mol. The van der Waals surface area contributed by atoms with Crippen molar-refractivity contribution in [3.05, 3.63) is 83.5 Å². The topological polar surface area (TPSA) is 42.6 Å². The van der Waals surface area contributed by atoms with Gasteiger partial charge >= 0.3 is 0 Å². The smallest absolute Gasteiger partial charge is 0.187 e. The van der Waals surface area contributed by atoms with Crippen molar-refractivity contribution in [3.8, 4) is 22.3 Å². The minimum absolute atomic E-state index is 0.202. The van der Waals surface area contributed by atoms with E-state index in [9.17, 15) is 0 Å². The molecule has 36 heavy (non-hydrogen) atoms. The molecule has 5 heteroatoms. The lowest BCUT2D eigenvalue weighted by Gasteiger charge is -2.36. The van der Waals surface area contributed by atoms with Gasteiger partial charge in [-0.15, -0.1) is 0 Å². The molecule has 0 spiro atoms. The summed E-state index contributed by atoms with van der Waals surface area (Å²) in [5.41, 5.74) is 8.67. The highest BCUT2D eigenvalue weighted by atomic mass is 16.5. The van der Waals surface area contributed by atoms with Crippen molar-refractivity contribution in [2.45, 2.75) is 51.7 Å². The number of hydrogen-bond donors (Lipinski definition) is 0. The van der Waals surface area contributed by atoms with Gasteiger partial charge in [-0.3, -0.25) is 4.98 Å². The molecule has 3 heterocycles. The maximum absolute atomic E-state index is 7.24. The van der Waals surface area contributed by atoms with Crippen molar-refractivity contribution >= 4 is 22.4 Å². The van der Waals surface area contributed by atoms with Gasteiger partial charge in [0.15, 0.2) is 5.69 Å². The number of nitrogens with zero attached hydrogens (tertiary/aromatic N) is 4. The Morgan fingerprint density at radius 1 is 0.917 bits per heavy atom. The van der Waals surface area contributed by atoms with Crippen LogP contribution in [0.5, 0.6) is 0 Å². The van der Waals surface area contributed by atoms with Crippen LogP contribution in [0.3, 0.4) is 0 Å². The Morgan fingerprint density at radius 2 is 1.67 bits per heavy atom. The van der Waals surface area contributed by atoms with Crippen LogP contribution in [0.1, 0.15) is 43.9 Å². The quantitative estimate of drug-likeness (QED) is 0.291. The zero-order chi connectivity index (χ0) is 24.8. The maximum atomic E-state index is 7.24. The van der Waals surface area contributed by atoms with Gasteiger partial charge in [-0.05, 0) is 62.8 Å². The van der Waals surface area contributed by atoms with Crippen LogP contribution in [0.25, 0.3) is 38.0 Å². The summed E-state index contributed by atoms with van der Waals surface area (Å²) in [6, 6.07) is 18.7. The molecule has 1 saturated heterocycles. The average Bonchev–Trinajstić information content (AvgIpc) is 3.72. The van der Waals surface area contributed by atoms with Crippen LogP contribution in [0.2, 0.25) is 0 Å². The van der Waals surface area contributed by atoms with Crippen molar-refractivity contribution in [1.82, 2.24) is 9.97 Å². The van der Waals surface area contributed by atoms with Gasteiger partial charge in [0.25, 0.3) is 0 Å². The summed E-state index contributed by atoms with van der Waals surface area (Å²) in [7, 11) is 0. The highest BCUT2D eigenvalue weighted by molar-refractivity contribution is 5.99. The van der Waals surface area contributed by atoms with Crippen molar-refractivity contribution < 1.29 is 4.74 Å². The maximum Gasteiger partial charge on any atom is 0.187 e. The molecule has 1 aliphatic carbocycles. The summed E-state index contributed by atoms with van der Waals surface area (Å²) in [4.78, 5) is 15.9. The van der Waals surface area contributed by atoms with Crippen molar-refractivity contribution in [2.75, 3.05) is 18.0 Å². The predicted octanol–water partition coefficient (Wildman–Crippen LogP) is 7.31. The zero-order valence-electron chi connectivity index (χ0n) is 21.0. The number of ether oxygens (including phenoxy) is 1. The Labute approximate surface area is 212 Å². The number of hydrogen-bond acceptors (Lipinski definition) is 4. The van der Waals surface area contributed by atoms with Gasteiger partial charge in [0, 0.05) is 47.1 Å². The third kappa shape index (κ3) is 4.12. The van der Waals surface area contributed by atoms with E-state index in [1.165, 1.54) is 29.4 Å². The Hall–Kier alpha value is -3.75. The molecule has 1 aliphatic heterocycles. The van der Waals surface area contributed by atoms with Crippen molar-refractivity contribution in [2.24, 2.45) is 0 Å². The van der Waals surface area contributed by atoms with Crippen LogP contribution in [0.4, 0.5) is 11.5 Å². The summed E-state index contributed by atoms with van der Waals surface area (Å²) >= 11 is 0. The summed E-state index contributed by atoms with van der Waals surface area (Å²) in [6.45, 7) is 15.3. The fourth-order valence-corrected chi connectivity index (χ4v) is 5.59. The molecule has 2 aromatic heterocycles. The first-order valence-electron chi connectivity index (χ1n) is 12.8. The molecule has 2 fully saturated rings. The Kier molecular flexibility index (Phi) is 5.70.